The molecule has 0 unspecified atom stereocenters. The van der Waals surface area contributed by atoms with Crippen LogP contribution in [0.5, 0.6) is 0 Å². The summed E-state index contributed by atoms with van der Waals surface area (Å²) in [4.78, 5) is 10.2. The van der Waals surface area contributed by atoms with Crippen LogP contribution in [-0.2, 0) is 21.1 Å². The summed E-state index contributed by atoms with van der Waals surface area (Å²) in [7, 11) is -3.45. The van der Waals surface area contributed by atoms with Gasteiger partial charge in [-0.05, 0) is 28.8 Å². The van der Waals surface area contributed by atoms with Crippen molar-refractivity contribution < 1.29 is 18.3 Å². The molecule has 0 aliphatic heterocycles. The summed E-state index contributed by atoms with van der Waals surface area (Å²) in [6.07, 6.45) is 0.388. The van der Waals surface area contributed by atoms with Gasteiger partial charge in [-0.2, -0.15) is 11.3 Å². The van der Waals surface area contributed by atoms with E-state index in [4.69, 9.17) is 5.11 Å². The fourth-order valence-electron chi connectivity index (χ4n) is 0.969. The molecule has 1 aromatic heterocycles. The molecule has 0 spiro atoms. The van der Waals surface area contributed by atoms with E-state index >= 15 is 0 Å². The van der Waals surface area contributed by atoms with E-state index in [1.807, 2.05) is 16.8 Å². The van der Waals surface area contributed by atoms with Gasteiger partial charge in [0, 0.05) is 0 Å². The van der Waals surface area contributed by atoms with Crippen LogP contribution in [0.1, 0.15) is 5.56 Å². The number of hydrogen-bond acceptors (Lipinski definition) is 4. The Morgan fingerprint density at radius 1 is 1.50 bits per heavy atom. The third-order valence-corrected chi connectivity index (χ3v) is 3.87. The second-order valence-corrected chi connectivity index (χ2v) is 5.83. The second-order valence-electron chi connectivity index (χ2n) is 2.87. The predicted octanol–water partition coefficient (Wildman–Crippen LogP) is 0.790. The highest BCUT2D eigenvalue weighted by molar-refractivity contribution is 7.92. The first-order valence-corrected chi connectivity index (χ1v) is 6.69. The maximum atomic E-state index is 11.2. The van der Waals surface area contributed by atoms with E-state index in [0.29, 0.717) is 6.42 Å². The third-order valence-electron chi connectivity index (χ3n) is 1.63. The molecule has 4 nitrogen and oxygen atoms in total. The van der Waals surface area contributed by atoms with Crippen molar-refractivity contribution in [2.24, 2.45) is 0 Å². The van der Waals surface area contributed by atoms with Crippen LogP contribution in [0.15, 0.2) is 16.8 Å². The van der Waals surface area contributed by atoms with Crippen molar-refractivity contribution in [3.63, 3.8) is 0 Å². The highest BCUT2D eigenvalue weighted by atomic mass is 32.2. The lowest BCUT2D eigenvalue weighted by Gasteiger charge is -1.99. The maximum absolute atomic E-state index is 11.2. The fraction of sp³-hybridized carbons (Fsp3) is 0.375. The zero-order valence-corrected chi connectivity index (χ0v) is 8.97. The molecule has 1 aromatic rings. The van der Waals surface area contributed by atoms with Gasteiger partial charge in [0.25, 0.3) is 0 Å². The van der Waals surface area contributed by atoms with Crippen LogP contribution in [0.25, 0.3) is 0 Å². The SMILES string of the molecule is O=C(O)CS(=O)(=O)CCc1ccsc1. The Morgan fingerprint density at radius 3 is 2.71 bits per heavy atom. The summed E-state index contributed by atoms with van der Waals surface area (Å²) >= 11 is 1.49. The molecule has 0 aromatic carbocycles. The Hall–Kier alpha value is -0.880. The number of rotatable bonds is 5. The number of aliphatic carboxylic acids is 1. The van der Waals surface area contributed by atoms with Crippen molar-refractivity contribution in [3.05, 3.63) is 22.4 Å². The van der Waals surface area contributed by atoms with Crippen molar-refractivity contribution in [1.82, 2.24) is 0 Å². The van der Waals surface area contributed by atoms with Crippen LogP contribution in [0.4, 0.5) is 0 Å². The van der Waals surface area contributed by atoms with Crippen molar-refractivity contribution >= 4 is 27.1 Å². The lowest BCUT2D eigenvalue weighted by molar-refractivity contribution is -0.134. The normalized spacial score (nSPS) is 11.4. The van der Waals surface area contributed by atoms with Gasteiger partial charge in [0.1, 0.15) is 5.75 Å². The minimum absolute atomic E-state index is 0.101. The van der Waals surface area contributed by atoms with Crippen LogP contribution in [0.3, 0.4) is 0 Å². The Balaban J connectivity index is 2.49. The Morgan fingerprint density at radius 2 is 2.21 bits per heavy atom. The van der Waals surface area contributed by atoms with Gasteiger partial charge in [-0.3, -0.25) is 4.79 Å². The topological polar surface area (TPSA) is 71.4 Å². The van der Waals surface area contributed by atoms with Gasteiger partial charge in [0.15, 0.2) is 9.84 Å². The molecule has 0 fully saturated rings. The fourth-order valence-corrected chi connectivity index (χ4v) is 2.74. The maximum Gasteiger partial charge on any atom is 0.318 e. The summed E-state index contributed by atoms with van der Waals surface area (Å²) in [6, 6.07) is 1.83. The average molecular weight is 234 g/mol. The number of sulfone groups is 1. The van der Waals surface area contributed by atoms with Crippen molar-refractivity contribution in [3.8, 4) is 0 Å². The molecule has 0 aliphatic rings. The molecular formula is C8H10O4S2. The molecule has 1 rings (SSSR count). The molecule has 0 radical (unpaired) electrons. The van der Waals surface area contributed by atoms with Gasteiger partial charge in [-0.1, -0.05) is 0 Å². The molecule has 1 heterocycles. The summed E-state index contributed by atoms with van der Waals surface area (Å²) in [5.41, 5.74) is 0.934. The van der Waals surface area contributed by atoms with Gasteiger partial charge < -0.3 is 5.11 Å². The van der Waals surface area contributed by atoms with Crippen LogP contribution in [0.2, 0.25) is 0 Å². The first-order valence-electron chi connectivity index (χ1n) is 3.93. The summed E-state index contributed by atoms with van der Waals surface area (Å²) in [5.74, 6) is -2.18. The first-order chi connectivity index (χ1) is 6.49. The minimum Gasteiger partial charge on any atom is -0.480 e. The number of thiophene rings is 1. The van der Waals surface area contributed by atoms with Gasteiger partial charge >= 0.3 is 5.97 Å². The number of hydrogen-bond donors (Lipinski definition) is 1. The standard InChI is InChI=1S/C8H10O4S2/c9-8(10)6-14(11,12)4-2-7-1-3-13-5-7/h1,3,5H,2,4,6H2,(H,9,10). The van der Waals surface area contributed by atoms with Gasteiger partial charge in [-0.15, -0.1) is 0 Å². The Labute approximate surface area is 86.1 Å². The van der Waals surface area contributed by atoms with Gasteiger partial charge in [0.2, 0.25) is 0 Å². The predicted molar refractivity (Wildman–Crippen MR) is 54.3 cm³/mol. The third kappa shape index (κ3) is 3.89. The average Bonchev–Trinajstić information content (AvgIpc) is 2.50. The second kappa shape index (κ2) is 4.56. The number of carboxylic acids is 1. The minimum atomic E-state index is -3.45. The Kier molecular flexibility index (Phi) is 3.65. The van der Waals surface area contributed by atoms with Crippen LogP contribution < -0.4 is 0 Å². The zero-order chi connectivity index (χ0) is 10.6. The zero-order valence-electron chi connectivity index (χ0n) is 7.34. The molecule has 0 aliphatic carbocycles. The Bertz CT molecular complexity index is 391. The van der Waals surface area contributed by atoms with E-state index in [9.17, 15) is 13.2 Å². The van der Waals surface area contributed by atoms with Crippen LogP contribution in [0, 0.1) is 0 Å². The molecule has 0 saturated heterocycles. The smallest absolute Gasteiger partial charge is 0.318 e. The molecule has 0 atom stereocenters. The quantitative estimate of drug-likeness (QED) is 0.817. The van der Waals surface area contributed by atoms with E-state index in [-0.39, 0.29) is 5.75 Å². The lowest BCUT2D eigenvalue weighted by atomic mass is 10.3. The summed E-state index contributed by atoms with van der Waals surface area (Å²) in [5, 5.41) is 12.0. The number of carboxylic acid groups (broad SMARTS) is 1. The van der Waals surface area contributed by atoms with Crippen LogP contribution in [-0.4, -0.2) is 31.0 Å². The van der Waals surface area contributed by atoms with Crippen molar-refractivity contribution in [2.75, 3.05) is 11.5 Å². The lowest BCUT2D eigenvalue weighted by Crippen LogP contribution is -2.19. The highest BCUT2D eigenvalue weighted by Gasteiger charge is 2.15. The van der Waals surface area contributed by atoms with E-state index in [0.717, 1.165) is 5.56 Å². The van der Waals surface area contributed by atoms with Crippen molar-refractivity contribution in [2.45, 2.75) is 6.42 Å². The molecule has 0 bridgehead atoms. The van der Waals surface area contributed by atoms with E-state index in [2.05, 4.69) is 0 Å². The molecule has 0 saturated carbocycles. The molecule has 14 heavy (non-hydrogen) atoms. The van der Waals surface area contributed by atoms with Gasteiger partial charge in [-0.25, -0.2) is 8.42 Å². The van der Waals surface area contributed by atoms with E-state index < -0.39 is 21.6 Å². The van der Waals surface area contributed by atoms with Gasteiger partial charge in [0.05, 0.1) is 5.75 Å². The first kappa shape index (κ1) is 11.2. The largest absolute Gasteiger partial charge is 0.480 e. The van der Waals surface area contributed by atoms with E-state index in [1.54, 1.807) is 0 Å². The molecule has 1 N–H and O–H groups in total. The highest BCUT2D eigenvalue weighted by Crippen LogP contribution is 2.07. The molecule has 0 amide bonds. The summed E-state index contributed by atoms with van der Waals surface area (Å²) in [6.45, 7) is 0. The number of aryl methyl sites for hydroxylation is 1. The molecular weight excluding hydrogens is 224 g/mol. The van der Waals surface area contributed by atoms with Crippen LogP contribution >= 0.6 is 11.3 Å². The monoisotopic (exact) mass is 234 g/mol. The van der Waals surface area contributed by atoms with E-state index in [1.165, 1.54) is 11.3 Å². The summed E-state index contributed by atoms with van der Waals surface area (Å²) < 4.78 is 22.3. The molecule has 78 valence electrons. The molecule has 6 heteroatoms. The van der Waals surface area contributed by atoms with Crippen molar-refractivity contribution in [1.29, 1.82) is 0 Å². The number of carbonyl (C=O) groups is 1.